The summed E-state index contributed by atoms with van der Waals surface area (Å²) in [5.41, 5.74) is 0.567. The Labute approximate surface area is 108 Å². The number of carbonyl (C=O) groups is 2. The van der Waals surface area contributed by atoms with Gasteiger partial charge in [0.1, 0.15) is 5.69 Å². The number of hydrogen-bond donors (Lipinski definition) is 1. The maximum atomic E-state index is 11.3. The molecule has 2 heterocycles. The zero-order valence-corrected chi connectivity index (χ0v) is 10.9. The summed E-state index contributed by atoms with van der Waals surface area (Å²) in [6.45, 7) is 3.35. The van der Waals surface area contributed by atoms with Crippen LogP contribution in [0.4, 0.5) is 0 Å². The lowest BCUT2D eigenvalue weighted by Gasteiger charge is -2.14. The molecule has 5 heteroatoms. The zero-order valence-electron chi connectivity index (χ0n) is 10.1. The van der Waals surface area contributed by atoms with Crippen LogP contribution >= 0.6 is 11.3 Å². The van der Waals surface area contributed by atoms with E-state index in [1.54, 1.807) is 22.1 Å². The topological polar surface area (TPSA) is 59.3 Å². The SMILES string of the molecule is CC(=O)c1cc(C(=O)O)n(C(C)c2cccs2)c1. The second-order valence-electron chi connectivity index (χ2n) is 4.07. The number of hydrogen-bond acceptors (Lipinski definition) is 3. The second kappa shape index (κ2) is 4.78. The molecule has 1 unspecified atom stereocenters. The molecule has 1 atom stereocenters. The first-order valence-corrected chi connectivity index (χ1v) is 6.38. The summed E-state index contributed by atoms with van der Waals surface area (Å²) in [5.74, 6) is -1.15. The fourth-order valence-corrected chi connectivity index (χ4v) is 2.61. The van der Waals surface area contributed by atoms with E-state index in [2.05, 4.69) is 0 Å². The molecule has 0 aliphatic carbocycles. The first kappa shape index (κ1) is 12.6. The summed E-state index contributed by atoms with van der Waals surface area (Å²) < 4.78 is 1.63. The van der Waals surface area contributed by atoms with Crippen molar-refractivity contribution in [2.24, 2.45) is 0 Å². The summed E-state index contributed by atoms with van der Waals surface area (Å²) in [5, 5.41) is 11.1. The molecule has 0 bridgehead atoms. The molecule has 0 saturated carbocycles. The summed E-state index contributed by atoms with van der Waals surface area (Å²) in [7, 11) is 0. The fraction of sp³-hybridized carbons (Fsp3) is 0.231. The van der Waals surface area contributed by atoms with Crippen molar-refractivity contribution in [2.75, 3.05) is 0 Å². The largest absolute Gasteiger partial charge is 0.477 e. The highest BCUT2D eigenvalue weighted by molar-refractivity contribution is 7.10. The minimum Gasteiger partial charge on any atom is -0.477 e. The smallest absolute Gasteiger partial charge is 0.352 e. The Hall–Kier alpha value is -1.88. The Morgan fingerprint density at radius 3 is 2.67 bits per heavy atom. The van der Waals surface area contributed by atoms with E-state index >= 15 is 0 Å². The molecule has 0 amide bonds. The first-order valence-electron chi connectivity index (χ1n) is 5.50. The van der Waals surface area contributed by atoms with Crippen LogP contribution in [0.2, 0.25) is 0 Å². The number of nitrogens with zero attached hydrogens (tertiary/aromatic N) is 1. The summed E-state index contributed by atoms with van der Waals surface area (Å²) in [4.78, 5) is 23.6. The lowest BCUT2D eigenvalue weighted by atomic mass is 10.2. The number of aromatic nitrogens is 1. The van der Waals surface area contributed by atoms with Crippen LogP contribution < -0.4 is 0 Å². The molecule has 0 saturated heterocycles. The van der Waals surface area contributed by atoms with E-state index in [9.17, 15) is 14.7 Å². The molecule has 1 N–H and O–H groups in total. The summed E-state index contributed by atoms with van der Waals surface area (Å²) in [6, 6.07) is 5.21. The van der Waals surface area contributed by atoms with Crippen molar-refractivity contribution >= 4 is 23.1 Å². The number of carboxylic acid groups (broad SMARTS) is 1. The predicted octanol–water partition coefficient (Wildman–Crippen LogP) is 3.06. The molecule has 0 spiro atoms. The van der Waals surface area contributed by atoms with Gasteiger partial charge < -0.3 is 9.67 Å². The molecule has 2 aromatic heterocycles. The molecule has 0 aromatic carbocycles. The van der Waals surface area contributed by atoms with Gasteiger partial charge in [-0.2, -0.15) is 0 Å². The number of rotatable bonds is 4. The molecule has 4 nitrogen and oxygen atoms in total. The Morgan fingerprint density at radius 1 is 1.44 bits per heavy atom. The quantitative estimate of drug-likeness (QED) is 0.862. The minimum atomic E-state index is -1.02. The maximum absolute atomic E-state index is 11.3. The third kappa shape index (κ3) is 2.22. The van der Waals surface area contributed by atoms with Crippen molar-refractivity contribution in [1.29, 1.82) is 0 Å². The average molecular weight is 263 g/mol. The highest BCUT2D eigenvalue weighted by Gasteiger charge is 2.19. The highest BCUT2D eigenvalue weighted by atomic mass is 32.1. The fourth-order valence-electron chi connectivity index (χ4n) is 1.83. The minimum absolute atomic E-state index is 0.0933. The van der Waals surface area contributed by atoms with Crippen LogP contribution in [-0.4, -0.2) is 21.4 Å². The van der Waals surface area contributed by atoms with Gasteiger partial charge in [0.25, 0.3) is 0 Å². The van der Waals surface area contributed by atoms with E-state index in [1.807, 2.05) is 24.4 Å². The van der Waals surface area contributed by atoms with Gasteiger partial charge in [-0.1, -0.05) is 6.07 Å². The van der Waals surface area contributed by atoms with Gasteiger partial charge in [-0.15, -0.1) is 11.3 Å². The standard InChI is InChI=1S/C13H13NO3S/c1-8(12-4-3-5-18-12)14-7-10(9(2)15)6-11(14)13(16)17/h3-8H,1-2H3,(H,16,17). The highest BCUT2D eigenvalue weighted by Crippen LogP contribution is 2.25. The van der Waals surface area contributed by atoms with Crippen LogP contribution in [0.1, 0.15) is 45.6 Å². The molecule has 18 heavy (non-hydrogen) atoms. The van der Waals surface area contributed by atoms with Gasteiger partial charge >= 0.3 is 5.97 Å². The summed E-state index contributed by atoms with van der Waals surface area (Å²) >= 11 is 1.57. The van der Waals surface area contributed by atoms with Crippen LogP contribution in [0, 0.1) is 0 Å². The van der Waals surface area contributed by atoms with Gasteiger partial charge in [0.2, 0.25) is 0 Å². The van der Waals surface area contributed by atoms with Gasteiger partial charge in [0.05, 0.1) is 6.04 Å². The normalized spacial score (nSPS) is 12.3. The Kier molecular flexibility index (Phi) is 3.34. The Bertz CT molecular complexity index is 583. The monoisotopic (exact) mass is 263 g/mol. The number of carboxylic acids is 1. The Morgan fingerprint density at radius 2 is 2.17 bits per heavy atom. The molecule has 0 radical (unpaired) electrons. The van der Waals surface area contributed by atoms with E-state index in [4.69, 9.17) is 0 Å². The number of aromatic carboxylic acids is 1. The van der Waals surface area contributed by atoms with Gasteiger partial charge in [0, 0.05) is 16.6 Å². The molecular formula is C13H13NO3S. The van der Waals surface area contributed by atoms with Crippen LogP contribution in [0.3, 0.4) is 0 Å². The van der Waals surface area contributed by atoms with Gasteiger partial charge in [0.15, 0.2) is 5.78 Å². The molecule has 0 aliphatic rings. The van der Waals surface area contributed by atoms with Crippen molar-refractivity contribution in [3.8, 4) is 0 Å². The zero-order chi connectivity index (χ0) is 13.3. The van der Waals surface area contributed by atoms with Crippen LogP contribution in [0.25, 0.3) is 0 Å². The van der Waals surface area contributed by atoms with E-state index in [1.165, 1.54) is 13.0 Å². The van der Waals surface area contributed by atoms with Gasteiger partial charge in [-0.05, 0) is 31.4 Å². The number of Topliss-reactive ketones (excluding diaryl/α,β-unsaturated/α-hetero) is 1. The van der Waals surface area contributed by atoms with Crippen LogP contribution in [0.15, 0.2) is 29.8 Å². The molecular weight excluding hydrogens is 250 g/mol. The van der Waals surface area contributed by atoms with Crippen LogP contribution in [0.5, 0.6) is 0 Å². The molecule has 0 aliphatic heterocycles. The molecule has 2 rings (SSSR count). The molecule has 0 fully saturated rings. The van der Waals surface area contributed by atoms with Crippen molar-refractivity contribution < 1.29 is 14.7 Å². The van der Waals surface area contributed by atoms with Gasteiger partial charge in [-0.25, -0.2) is 4.79 Å². The third-order valence-electron chi connectivity index (χ3n) is 2.85. The second-order valence-corrected chi connectivity index (χ2v) is 5.05. The average Bonchev–Trinajstić information content (AvgIpc) is 2.97. The van der Waals surface area contributed by atoms with Crippen molar-refractivity contribution in [1.82, 2.24) is 4.57 Å². The van der Waals surface area contributed by atoms with Crippen molar-refractivity contribution in [2.45, 2.75) is 19.9 Å². The van der Waals surface area contributed by atoms with Crippen molar-refractivity contribution in [3.63, 3.8) is 0 Å². The van der Waals surface area contributed by atoms with E-state index in [0.29, 0.717) is 5.56 Å². The maximum Gasteiger partial charge on any atom is 0.352 e. The Balaban J connectivity index is 2.49. The molecule has 94 valence electrons. The van der Waals surface area contributed by atoms with E-state index in [-0.39, 0.29) is 17.5 Å². The number of thiophene rings is 1. The summed E-state index contributed by atoms with van der Waals surface area (Å²) in [6.07, 6.45) is 1.61. The van der Waals surface area contributed by atoms with Crippen LogP contribution in [-0.2, 0) is 0 Å². The predicted molar refractivity (Wildman–Crippen MR) is 69.5 cm³/mol. The molecule has 2 aromatic rings. The van der Waals surface area contributed by atoms with Gasteiger partial charge in [-0.3, -0.25) is 4.79 Å². The lowest BCUT2D eigenvalue weighted by Crippen LogP contribution is -2.11. The third-order valence-corrected chi connectivity index (χ3v) is 3.89. The van der Waals surface area contributed by atoms with Crippen molar-refractivity contribution in [3.05, 3.63) is 45.9 Å². The van der Waals surface area contributed by atoms with E-state index in [0.717, 1.165) is 4.88 Å². The lowest BCUT2D eigenvalue weighted by molar-refractivity contribution is 0.0684. The number of ketones is 1. The van der Waals surface area contributed by atoms with E-state index < -0.39 is 5.97 Å². The first-order chi connectivity index (χ1) is 8.50. The number of carbonyl (C=O) groups excluding carboxylic acids is 1.